The molecule has 0 amide bonds. The third-order valence-corrected chi connectivity index (χ3v) is 1.16. The summed E-state index contributed by atoms with van der Waals surface area (Å²) in [4.78, 5) is 0. The van der Waals surface area contributed by atoms with E-state index in [1.807, 2.05) is 0 Å². The van der Waals surface area contributed by atoms with E-state index in [0.717, 1.165) is 12.3 Å². The molecule has 0 saturated carbocycles. The molecule has 0 saturated heterocycles. The van der Waals surface area contributed by atoms with Crippen LogP contribution in [0, 0.1) is 12.8 Å². The van der Waals surface area contributed by atoms with Crippen LogP contribution in [0.3, 0.4) is 0 Å². The average molecular weight is 178 g/mol. The summed E-state index contributed by atoms with van der Waals surface area (Å²) >= 11 is 3.47. The average Bonchev–Trinajstić information content (AvgIpc) is 1.21. The lowest BCUT2D eigenvalue weighted by atomic mass is 10.0. The van der Waals surface area contributed by atoms with Crippen LogP contribution in [0.4, 0.5) is 0 Å². The monoisotopic (exact) mass is 177 g/mol. The molecule has 0 fully saturated rings. The van der Waals surface area contributed by atoms with Crippen LogP contribution in [0.15, 0.2) is 0 Å². The van der Waals surface area contributed by atoms with E-state index in [2.05, 4.69) is 43.6 Å². The second-order valence-corrected chi connectivity index (χ2v) is 4.93. The Morgan fingerprint density at radius 2 is 2.00 bits per heavy atom. The van der Waals surface area contributed by atoms with E-state index in [0.29, 0.717) is 0 Å². The Morgan fingerprint density at radius 3 is 2.00 bits per heavy atom. The fourth-order valence-electron chi connectivity index (χ4n) is 0.851. The maximum atomic E-state index is 3.93. The molecule has 0 aromatic carbocycles. The zero-order valence-corrected chi connectivity index (χ0v) is 7.46. The first-order valence-corrected chi connectivity index (χ1v) is 3.75. The van der Waals surface area contributed by atoms with Gasteiger partial charge in [-0.1, -0.05) is 29.8 Å². The highest BCUT2D eigenvalue weighted by Crippen LogP contribution is 2.23. The van der Waals surface area contributed by atoms with Crippen molar-refractivity contribution in [1.82, 2.24) is 0 Å². The van der Waals surface area contributed by atoms with Crippen molar-refractivity contribution in [1.29, 1.82) is 0 Å². The minimum Gasteiger partial charge on any atom is -0.0856 e. The van der Waals surface area contributed by atoms with Gasteiger partial charge in [-0.2, -0.15) is 0 Å². The van der Waals surface area contributed by atoms with Crippen LogP contribution in [0.2, 0.25) is 0 Å². The van der Waals surface area contributed by atoms with E-state index in [4.69, 9.17) is 0 Å². The fraction of sp³-hybridized carbons (Fsp3) is 0.857. The second kappa shape index (κ2) is 2.86. The van der Waals surface area contributed by atoms with E-state index in [1.165, 1.54) is 0 Å². The quantitative estimate of drug-likeness (QED) is 0.570. The summed E-state index contributed by atoms with van der Waals surface area (Å²) in [5.74, 6) is 0.733. The van der Waals surface area contributed by atoms with Gasteiger partial charge >= 0.3 is 0 Å². The van der Waals surface area contributed by atoms with Crippen molar-refractivity contribution in [2.45, 2.75) is 31.5 Å². The molecule has 0 aliphatic carbocycles. The molecule has 8 heavy (non-hydrogen) atoms. The summed E-state index contributed by atoms with van der Waals surface area (Å²) in [6.07, 6.45) is 1.13. The van der Waals surface area contributed by atoms with Crippen LogP contribution in [-0.4, -0.2) is 4.32 Å². The Morgan fingerprint density at radius 1 is 1.62 bits per heavy atom. The van der Waals surface area contributed by atoms with Gasteiger partial charge in [0.15, 0.2) is 0 Å². The summed E-state index contributed by atoms with van der Waals surface area (Å²) in [6, 6.07) is 0. The zero-order chi connectivity index (χ0) is 6.78. The van der Waals surface area contributed by atoms with Crippen LogP contribution >= 0.6 is 15.9 Å². The van der Waals surface area contributed by atoms with Crippen molar-refractivity contribution in [3.05, 3.63) is 6.92 Å². The van der Waals surface area contributed by atoms with Crippen molar-refractivity contribution in [2.75, 3.05) is 0 Å². The van der Waals surface area contributed by atoms with Gasteiger partial charge in [0.25, 0.3) is 0 Å². The first-order valence-electron chi connectivity index (χ1n) is 2.96. The van der Waals surface area contributed by atoms with Gasteiger partial charge in [-0.05, 0) is 26.2 Å². The van der Waals surface area contributed by atoms with Gasteiger partial charge in [-0.15, -0.1) is 0 Å². The lowest BCUT2D eigenvalue weighted by Gasteiger charge is -2.17. The molecule has 0 aliphatic heterocycles. The lowest BCUT2D eigenvalue weighted by molar-refractivity contribution is 0.536. The molecule has 49 valence electrons. The van der Waals surface area contributed by atoms with Crippen LogP contribution in [0.1, 0.15) is 27.2 Å². The Balaban J connectivity index is 3.39. The summed E-state index contributed by atoms with van der Waals surface area (Å²) < 4.78 is 0.0845. The molecule has 1 atom stereocenters. The van der Waals surface area contributed by atoms with Gasteiger partial charge < -0.3 is 0 Å². The van der Waals surface area contributed by atoms with Crippen LogP contribution in [0.25, 0.3) is 0 Å². The van der Waals surface area contributed by atoms with Gasteiger partial charge in [0.1, 0.15) is 0 Å². The second-order valence-electron chi connectivity index (χ2n) is 3.01. The molecule has 1 heteroatoms. The molecule has 0 spiro atoms. The first kappa shape index (κ1) is 8.48. The van der Waals surface area contributed by atoms with Gasteiger partial charge in [0.2, 0.25) is 0 Å². The minimum atomic E-state index is 0.0845. The lowest BCUT2D eigenvalue weighted by Crippen LogP contribution is -2.12. The molecule has 1 radical (unpaired) electrons. The van der Waals surface area contributed by atoms with Crippen molar-refractivity contribution < 1.29 is 0 Å². The SMILES string of the molecule is [CH2]C(C)(Br)CC(C)C. The Hall–Kier alpha value is 0.480. The third-order valence-electron chi connectivity index (χ3n) is 0.834. The number of halogens is 1. The smallest absolute Gasteiger partial charge is 0.0232 e. The summed E-state index contributed by atoms with van der Waals surface area (Å²) in [7, 11) is 0. The Labute approximate surface area is 60.8 Å². The van der Waals surface area contributed by atoms with Crippen LogP contribution in [0.5, 0.6) is 0 Å². The first-order chi connectivity index (χ1) is 3.42. The topological polar surface area (TPSA) is 0 Å². The maximum Gasteiger partial charge on any atom is 0.0232 e. The maximum absolute atomic E-state index is 3.93. The zero-order valence-electron chi connectivity index (χ0n) is 5.87. The molecular formula is C7H14Br. The molecular weight excluding hydrogens is 164 g/mol. The van der Waals surface area contributed by atoms with E-state index in [9.17, 15) is 0 Å². The molecule has 0 nitrogen and oxygen atoms in total. The number of hydrogen-bond donors (Lipinski definition) is 0. The number of rotatable bonds is 2. The summed E-state index contributed by atoms with van der Waals surface area (Å²) in [6.45, 7) is 10.4. The van der Waals surface area contributed by atoms with Gasteiger partial charge in [-0.3, -0.25) is 0 Å². The Bertz CT molecular complexity index is 59.3. The van der Waals surface area contributed by atoms with Gasteiger partial charge in [0, 0.05) is 4.32 Å². The number of alkyl halides is 1. The predicted molar refractivity (Wildman–Crippen MR) is 42.1 cm³/mol. The van der Waals surface area contributed by atoms with Gasteiger partial charge in [-0.25, -0.2) is 0 Å². The van der Waals surface area contributed by atoms with Crippen molar-refractivity contribution in [3.63, 3.8) is 0 Å². The summed E-state index contributed by atoms with van der Waals surface area (Å²) in [5.41, 5.74) is 0. The van der Waals surface area contributed by atoms with Gasteiger partial charge in [0.05, 0.1) is 0 Å². The van der Waals surface area contributed by atoms with E-state index < -0.39 is 0 Å². The Kier molecular flexibility index (Phi) is 3.03. The highest BCUT2D eigenvalue weighted by atomic mass is 79.9. The predicted octanol–water partition coefficient (Wildman–Crippen LogP) is 3.02. The van der Waals surface area contributed by atoms with Crippen molar-refractivity contribution in [2.24, 2.45) is 5.92 Å². The molecule has 0 heterocycles. The normalized spacial score (nSPS) is 12.8. The molecule has 0 aromatic rings. The van der Waals surface area contributed by atoms with Crippen LogP contribution in [-0.2, 0) is 0 Å². The highest BCUT2D eigenvalue weighted by molar-refractivity contribution is 9.10. The van der Waals surface area contributed by atoms with Crippen molar-refractivity contribution >= 4 is 15.9 Å². The highest BCUT2D eigenvalue weighted by Gasteiger charge is 2.13. The fourth-order valence-corrected chi connectivity index (χ4v) is 1.50. The summed E-state index contributed by atoms with van der Waals surface area (Å²) in [5, 5.41) is 0. The molecule has 0 aromatic heterocycles. The number of hydrogen-bond acceptors (Lipinski definition) is 0. The molecule has 0 N–H and O–H groups in total. The van der Waals surface area contributed by atoms with E-state index in [1.54, 1.807) is 0 Å². The standard InChI is InChI=1S/C7H14Br/c1-6(2)5-7(3,4)8/h6H,3,5H2,1-2,4H3. The largest absolute Gasteiger partial charge is 0.0856 e. The van der Waals surface area contributed by atoms with E-state index >= 15 is 0 Å². The molecule has 0 bridgehead atoms. The molecule has 0 aliphatic rings. The minimum absolute atomic E-state index is 0.0845. The third kappa shape index (κ3) is 6.48. The molecule has 1 unspecified atom stereocenters. The van der Waals surface area contributed by atoms with E-state index in [-0.39, 0.29) is 4.32 Å². The van der Waals surface area contributed by atoms with Crippen LogP contribution < -0.4 is 0 Å². The molecule has 0 rings (SSSR count). The van der Waals surface area contributed by atoms with Crippen molar-refractivity contribution in [3.8, 4) is 0 Å².